The lowest BCUT2D eigenvalue weighted by Gasteiger charge is -2.62. The molecule has 9 atom stereocenters. The van der Waals surface area contributed by atoms with Crippen LogP contribution in [0.1, 0.15) is 64.5 Å². The van der Waals surface area contributed by atoms with Crippen molar-refractivity contribution >= 4 is 11.6 Å². The molecule has 0 radical (unpaired) electrons. The number of methoxy groups -OCH3 is 1. The Hall–Kier alpha value is -2.73. The van der Waals surface area contributed by atoms with Crippen molar-refractivity contribution in [2.24, 2.45) is 34.8 Å². The number of hydrogen-bond acceptors (Lipinski definition) is 9. The molecule has 2 saturated heterocycles. The van der Waals surface area contributed by atoms with Crippen LogP contribution in [0, 0.1) is 29.1 Å². The van der Waals surface area contributed by atoms with E-state index < -0.39 is 24.2 Å². The Morgan fingerprint density at radius 3 is 2.65 bits per heavy atom. The number of fused-ring (bicyclic) bond motifs is 2. The summed E-state index contributed by atoms with van der Waals surface area (Å²) in [4.78, 5) is 22.8. The first kappa shape index (κ1) is 36.1. The van der Waals surface area contributed by atoms with E-state index in [1.54, 1.807) is 19.1 Å². The Bertz CT molecular complexity index is 1460. The third-order valence-electron chi connectivity index (χ3n) is 12.3. The highest BCUT2D eigenvalue weighted by Crippen LogP contribution is 2.61. The zero-order valence-corrected chi connectivity index (χ0v) is 30.6. The molecule has 10 heteroatoms. The third kappa shape index (κ3) is 7.23. The Kier molecular flexibility index (Phi) is 10.9. The summed E-state index contributed by atoms with van der Waals surface area (Å²) in [5, 5.41) is 19.7. The van der Waals surface area contributed by atoms with Crippen molar-refractivity contribution < 1.29 is 24.2 Å². The van der Waals surface area contributed by atoms with Crippen molar-refractivity contribution in [1.82, 2.24) is 15.7 Å². The lowest BCUT2D eigenvalue weighted by Crippen LogP contribution is -2.62. The van der Waals surface area contributed by atoms with Crippen LogP contribution in [0.15, 0.2) is 36.4 Å². The molecular formula is C39H59N5O5. The molecule has 3 aliphatic carbocycles. The van der Waals surface area contributed by atoms with Crippen LogP contribution in [0.2, 0.25) is 0 Å². The average molecular weight is 678 g/mol. The van der Waals surface area contributed by atoms with Gasteiger partial charge in [0.1, 0.15) is 11.8 Å². The molecule has 5 fully saturated rings. The number of ether oxygens (including phenoxy) is 2. The van der Waals surface area contributed by atoms with Crippen LogP contribution < -0.4 is 26.0 Å². The van der Waals surface area contributed by atoms with Gasteiger partial charge in [0.2, 0.25) is 5.91 Å². The van der Waals surface area contributed by atoms with Gasteiger partial charge in [-0.15, -0.1) is 0 Å². The van der Waals surface area contributed by atoms with Gasteiger partial charge in [-0.2, -0.15) is 5.06 Å². The van der Waals surface area contributed by atoms with E-state index in [0.29, 0.717) is 29.7 Å². The fourth-order valence-corrected chi connectivity index (χ4v) is 9.25. The van der Waals surface area contributed by atoms with Crippen molar-refractivity contribution in [3.8, 4) is 16.9 Å². The second-order valence-corrected chi connectivity index (χ2v) is 15.8. The van der Waals surface area contributed by atoms with Crippen LogP contribution in [0.4, 0.5) is 5.69 Å². The average Bonchev–Trinajstić information content (AvgIpc) is 3.73. The molecule has 2 aromatic carbocycles. The standard InChI is InChI=1S/C39H59N5O5/c1-23-32-17-28(39(32,3)4)18-33(23)42-38(46)36-35(24(2)45)34(19-40)49-44(36)22-26-10-8-12-31(37(26)47-7)27-14-25(15-29(16-27)43(5)6)20-41-21-30-11-9-13-48-30/h8,10,12,14-16,23-24,28,30,32-36,41,45H,9,11,13,17-22,40H2,1-7H3,(H,42,46)/t23-,24-,28+,30+,32-,33-,34-,35+,36-/m0/s1. The van der Waals surface area contributed by atoms with Crippen LogP contribution in [0.5, 0.6) is 5.75 Å². The first-order chi connectivity index (χ1) is 23.4. The van der Waals surface area contributed by atoms with Crippen molar-refractivity contribution in [2.45, 2.75) is 96.9 Å². The number of carbonyl (C=O) groups is 1. The second kappa shape index (κ2) is 14.9. The lowest BCUT2D eigenvalue weighted by atomic mass is 9.45. The molecule has 0 spiro atoms. The van der Waals surface area contributed by atoms with E-state index in [1.807, 2.05) is 12.1 Å². The second-order valence-electron chi connectivity index (χ2n) is 15.8. The number of nitrogens with two attached hydrogens (primary N) is 1. The Balaban J connectivity index is 1.25. The van der Waals surface area contributed by atoms with Crippen molar-refractivity contribution in [2.75, 3.05) is 45.8 Å². The highest BCUT2D eigenvalue weighted by atomic mass is 16.7. The fraction of sp³-hybridized carbons (Fsp3) is 0.667. The van der Waals surface area contributed by atoms with Gasteiger partial charge in [0.05, 0.1) is 32.0 Å². The number of benzene rings is 2. The van der Waals surface area contributed by atoms with E-state index in [9.17, 15) is 9.90 Å². The van der Waals surface area contributed by atoms with E-state index in [4.69, 9.17) is 20.0 Å². The summed E-state index contributed by atoms with van der Waals surface area (Å²) in [6.45, 7) is 11.7. The molecule has 2 heterocycles. The number of para-hydroxylation sites is 1. The smallest absolute Gasteiger partial charge is 0.240 e. The van der Waals surface area contributed by atoms with Crippen molar-refractivity contribution in [3.05, 3.63) is 47.5 Å². The number of aliphatic hydroxyl groups is 1. The number of aliphatic hydroxyl groups excluding tert-OH is 1. The topological polar surface area (TPSA) is 122 Å². The minimum Gasteiger partial charge on any atom is -0.496 e. The van der Waals surface area contributed by atoms with Gasteiger partial charge in [-0.05, 0) is 85.1 Å². The Labute approximate surface area is 293 Å². The molecular weight excluding hydrogens is 618 g/mol. The largest absolute Gasteiger partial charge is 0.496 e. The lowest BCUT2D eigenvalue weighted by molar-refractivity contribution is -0.175. The highest BCUT2D eigenvalue weighted by molar-refractivity contribution is 5.83. The first-order valence-electron chi connectivity index (χ1n) is 18.3. The van der Waals surface area contributed by atoms with Gasteiger partial charge in [0.25, 0.3) is 0 Å². The van der Waals surface area contributed by atoms with E-state index >= 15 is 0 Å². The van der Waals surface area contributed by atoms with E-state index in [1.165, 1.54) is 12.0 Å². The van der Waals surface area contributed by atoms with Gasteiger partial charge >= 0.3 is 0 Å². The minimum absolute atomic E-state index is 0.105. The maximum Gasteiger partial charge on any atom is 0.240 e. The van der Waals surface area contributed by atoms with Gasteiger partial charge in [0, 0.05) is 69.1 Å². The van der Waals surface area contributed by atoms with Crippen molar-refractivity contribution in [3.63, 3.8) is 0 Å². The van der Waals surface area contributed by atoms with Crippen LogP contribution in [0.25, 0.3) is 11.1 Å². The van der Waals surface area contributed by atoms with E-state index in [2.05, 4.69) is 74.7 Å². The van der Waals surface area contributed by atoms with Gasteiger partial charge in [0.15, 0.2) is 0 Å². The normalized spacial score (nSPS) is 31.3. The van der Waals surface area contributed by atoms with Gasteiger partial charge in [-0.1, -0.05) is 39.0 Å². The highest BCUT2D eigenvalue weighted by Gasteiger charge is 2.57. The van der Waals surface area contributed by atoms with E-state index in [0.717, 1.165) is 67.1 Å². The molecule has 2 aromatic rings. The molecule has 270 valence electrons. The zero-order chi connectivity index (χ0) is 35.0. The van der Waals surface area contributed by atoms with Crippen molar-refractivity contribution in [1.29, 1.82) is 0 Å². The molecule has 0 unspecified atom stereocenters. The zero-order valence-electron chi connectivity index (χ0n) is 30.6. The van der Waals surface area contributed by atoms with Crippen LogP contribution in [-0.4, -0.2) is 87.4 Å². The molecule has 2 aliphatic heterocycles. The molecule has 49 heavy (non-hydrogen) atoms. The monoisotopic (exact) mass is 677 g/mol. The molecule has 0 aromatic heterocycles. The fourth-order valence-electron chi connectivity index (χ4n) is 9.25. The summed E-state index contributed by atoms with van der Waals surface area (Å²) in [5.74, 6) is 1.77. The summed E-state index contributed by atoms with van der Waals surface area (Å²) in [6.07, 6.45) is 3.47. The van der Waals surface area contributed by atoms with Crippen LogP contribution in [-0.2, 0) is 27.5 Å². The number of hydrogen-bond donors (Lipinski definition) is 4. The number of nitrogens with one attached hydrogen (secondary N) is 2. The maximum absolute atomic E-state index is 14.2. The van der Waals surface area contributed by atoms with Gasteiger partial charge < -0.3 is 35.8 Å². The van der Waals surface area contributed by atoms with E-state index in [-0.39, 0.29) is 24.6 Å². The molecule has 2 bridgehead atoms. The van der Waals surface area contributed by atoms with Crippen LogP contribution in [0.3, 0.4) is 0 Å². The Morgan fingerprint density at radius 1 is 1.22 bits per heavy atom. The summed E-state index contributed by atoms with van der Waals surface area (Å²) in [6, 6.07) is 12.1. The number of amides is 1. The summed E-state index contributed by atoms with van der Waals surface area (Å²) in [7, 11) is 5.79. The molecule has 1 amide bonds. The predicted octanol–water partition coefficient (Wildman–Crippen LogP) is 4.32. The summed E-state index contributed by atoms with van der Waals surface area (Å²) >= 11 is 0. The third-order valence-corrected chi connectivity index (χ3v) is 12.3. The molecule has 5 N–H and O–H groups in total. The van der Waals surface area contributed by atoms with Gasteiger partial charge in [-0.3, -0.25) is 9.63 Å². The summed E-state index contributed by atoms with van der Waals surface area (Å²) < 4.78 is 11.9. The van der Waals surface area contributed by atoms with Gasteiger partial charge in [-0.25, -0.2) is 0 Å². The number of rotatable bonds is 13. The number of anilines is 1. The Morgan fingerprint density at radius 2 is 2.02 bits per heavy atom. The number of carbonyl (C=O) groups excluding carboxylic acids is 1. The molecule has 10 nitrogen and oxygen atoms in total. The first-order valence-corrected chi connectivity index (χ1v) is 18.3. The molecule has 3 saturated carbocycles. The number of nitrogens with zero attached hydrogens (tertiary/aromatic N) is 2. The number of hydroxylamine groups is 2. The minimum atomic E-state index is -0.778. The maximum atomic E-state index is 14.2. The quantitative estimate of drug-likeness (QED) is 0.246. The predicted molar refractivity (Wildman–Crippen MR) is 193 cm³/mol. The van der Waals surface area contributed by atoms with Crippen LogP contribution >= 0.6 is 0 Å². The molecule has 7 rings (SSSR count). The SMILES string of the molecule is COc1c(CN2O[C@@H](CN)[C@@H]([C@H](C)O)[C@H]2C(=O)N[C@H]2C[C@H]3C[C@@H]([C@@H]2C)C3(C)C)cccc1-c1cc(CNC[C@H]2CCCO2)cc(N(C)C)c1. The molecule has 5 aliphatic rings. The summed E-state index contributed by atoms with van der Waals surface area (Å²) in [5.41, 5.74) is 11.7.